The number of aliphatic hydroxyl groups is 1. The van der Waals surface area contributed by atoms with Crippen LogP contribution in [0.4, 0.5) is 0 Å². The maximum Gasteiger partial charge on any atom is 0.242 e. The SMILES string of the molecule is CCN1CC(=O)N(CC(O)C(C)(C)OC)CC1=O. The van der Waals surface area contributed by atoms with Crippen molar-refractivity contribution in [3.63, 3.8) is 0 Å². The van der Waals surface area contributed by atoms with E-state index in [9.17, 15) is 14.7 Å². The molecule has 0 aromatic heterocycles. The molecule has 6 heteroatoms. The Kier molecular flexibility index (Phi) is 4.70. The highest BCUT2D eigenvalue weighted by atomic mass is 16.5. The molecule has 1 aliphatic rings. The topological polar surface area (TPSA) is 70.1 Å². The van der Waals surface area contributed by atoms with Gasteiger partial charge in [0.15, 0.2) is 0 Å². The van der Waals surface area contributed by atoms with Crippen LogP contribution in [0.2, 0.25) is 0 Å². The summed E-state index contributed by atoms with van der Waals surface area (Å²) in [5, 5.41) is 10.0. The van der Waals surface area contributed by atoms with Crippen molar-refractivity contribution in [3.05, 3.63) is 0 Å². The Morgan fingerprint density at radius 1 is 1.28 bits per heavy atom. The number of amides is 2. The van der Waals surface area contributed by atoms with Crippen LogP contribution in [0.25, 0.3) is 0 Å². The van der Waals surface area contributed by atoms with E-state index in [1.54, 1.807) is 13.8 Å². The van der Waals surface area contributed by atoms with Crippen LogP contribution in [-0.2, 0) is 14.3 Å². The molecule has 0 aromatic carbocycles. The van der Waals surface area contributed by atoms with Crippen molar-refractivity contribution in [2.75, 3.05) is 33.3 Å². The number of hydrogen-bond acceptors (Lipinski definition) is 4. The summed E-state index contributed by atoms with van der Waals surface area (Å²) in [5.74, 6) is -0.220. The van der Waals surface area contributed by atoms with E-state index in [0.717, 1.165) is 0 Å². The fraction of sp³-hybridized carbons (Fsp3) is 0.833. The lowest BCUT2D eigenvalue weighted by molar-refractivity contribution is -0.154. The second-order valence-corrected chi connectivity index (χ2v) is 5.01. The molecule has 1 fully saturated rings. The van der Waals surface area contributed by atoms with Gasteiger partial charge in [-0.1, -0.05) is 0 Å². The van der Waals surface area contributed by atoms with E-state index in [0.29, 0.717) is 6.54 Å². The third-order valence-corrected chi connectivity index (χ3v) is 3.46. The molecule has 1 aliphatic heterocycles. The number of aliphatic hydroxyl groups excluding tert-OH is 1. The van der Waals surface area contributed by atoms with Crippen LogP contribution in [0, 0.1) is 0 Å². The standard InChI is InChI=1S/C12H22N2O4/c1-5-13-7-11(17)14(8-10(13)16)6-9(15)12(2,3)18-4/h9,15H,5-8H2,1-4H3. The maximum absolute atomic E-state index is 11.8. The van der Waals surface area contributed by atoms with Crippen molar-refractivity contribution in [2.24, 2.45) is 0 Å². The minimum atomic E-state index is -0.826. The Morgan fingerprint density at radius 3 is 2.28 bits per heavy atom. The van der Waals surface area contributed by atoms with Gasteiger partial charge in [0, 0.05) is 13.7 Å². The minimum absolute atomic E-state index is 0.0313. The van der Waals surface area contributed by atoms with Crippen LogP contribution in [0.15, 0.2) is 0 Å². The first-order valence-corrected chi connectivity index (χ1v) is 6.10. The number of rotatable bonds is 5. The molecular weight excluding hydrogens is 236 g/mol. The summed E-state index contributed by atoms with van der Waals surface area (Å²) in [5.41, 5.74) is -0.745. The molecule has 104 valence electrons. The molecule has 2 amide bonds. The monoisotopic (exact) mass is 258 g/mol. The summed E-state index contributed by atoms with van der Waals surface area (Å²) in [4.78, 5) is 26.4. The molecule has 0 saturated carbocycles. The van der Waals surface area contributed by atoms with Crippen LogP contribution in [-0.4, -0.2) is 71.7 Å². The third-order valence-electron chi connectivity index (χ3n) is 3.46. The number of carbonyl (C=O) groups is 2. The average molecular weight is 258 g/mol. The van der Waals surface area contributed by atoms with E-state index in [4.69, 9.17) is 4.74 Å². The van der Waals surface area contributed by atoms with Gasteiger partial charge in [0.1, 0.15) is 0 Å². The van der Waals surface area contributed by atoms with Gasteiger partial charge in [-0.3, -0.25) is 9.59 Å². The minimum Gasteiger partial charge on any atom is -0.388 e. The van der Waals surface area contributed by atoms with E-state index in [1.807, 2.05) is 6.92 Å². The second-order valence-electron chi connectivity index (χ2n) is 5.01. The molecule has 18 heavy (non-hydrogen) atoms. The number of methoxy groups -OCH3 is 1. The van der Waals surface area contributed by atoms with E-state index < -0.39 is 11.7 Å². The molecule has 0 bridgehead atoms. The van der Waals surface area contributed by atoms with Gasteiger partial charge in [0.05, 0.1) is 31.3 Å². The zero-order chi connectivity index (χ0) is 13.9. The smallest absolute Gasteiger partial charge is 0.242 e. The predicted octanol–water partition coefficient (Wildman–Crippen LogP) is -0.537. The summed E-state index contributed by atoms with van der Waals surface area (Å²) in [6.07, 6.45) is -0.826. The van der Waals surface area contributed by atoms with Crippen molar-refractivity contribution in [3.8, 4) is 0 Å². The number of carbonyl (C=O) groups excluding carboxylic acids is 2. The van der Waals surface area contributed by atoms with Gasteiger partial charge in [0.2, 0.25) is 11.8 Å². The van der Waals surface area contributed by atoms with E-state index in [2.05, 4.69) is 0 Å². The van der Waals surface area contributed by atoms with Crippen molar-refractivity contribution in [1.29, 1.82) is 0 Å². The third kappa shape index (κ3) is 3.20. The largest absolute Gasteiger partial charge is 0.388 e. The second kappa shape index (κ2) is 5.67. The molecule has 0 aliphatic carbocycles. The normalized spacial score (nSPS) is 19.4. The molecule has 1 rings (SSSR count). The number of piperazine rings is 1. The van der Waals surface area contributed by atoms with Crippen molar-refractivity contribution < 1.29 is 19.4 Å². The lowest BCUT2D eigenvalue weighted by atomic mass is 10.0. The van der Waals surface area contributed by atoms with E-state index >= 15 is 0 Å². The molecule has 1 N–H and O–H groups in total. The Hall–Kier alpha value is -1.14. The van der Waals surface area contributed by atoms with Gasteiger partial charge in [0.25, 0.3) is 0 Å². The number of β-amino-alcohol motifs (C(OH)–C–C–N with tert-alkyl or cyclic N) is 1. The van der Waals surface area contributed by atoms with E-state index in [-0.39, 0.29) is 31.4 Å². The Balaban J connectivity index is 2.64. The first-order valence-electron chi connectivity index (χ1n) is 6.10. The molecular formula is C12H22N2O4. The highest BCUT2D eigenvalue weighted by Gasteiger charge is 2.34. The first-order chi connectivity index (χ1) is 8.31. The van der Waals surface area contributed by atoms with E-state index in [1.165, 1.54) is 16.9 Å². The quantitative estimate of drug-likeness (QED) is 0.719. The maximum atomic E-state index is 11.8. The number of ether oxygens (including phenoxy) is 1. The van der Waals surface area contributed by atoms with Crippen molar-refractivity contribution in [2.45, 2.75) is 32.5 Å². The molecule has 0 radical (unpaired) electrons. The molecule has 0 spiro atoms. The van der Waals surface area contributed by atoms with Crippen LogP contribution < -0.4 is 0 Å². The van der Waals surface area contributed by atoms with Crippen LogP contribution in [0.1, 0.15) is 20.8 Å². The fourth-order valence-corrected chi connectivity index (χ4v) is 1.72. The molecule has 1 saturated heterocycles. The lowest BCUT2D eigenvalue weighted by Gasteiger charge is -2.37. The molecule has 1 heterocycles. The average Bonchev–Trinajstić information content (AvgIpc) is 2.33. The molecule has 0 aromatic rings. The zero-order valence-electron chi connectivity index (χ0n) is 11.5. The fourth-order valence-electron chi connectivity index (χ4n) is 1.72. The predicted molar refractivity (Wildman–Crippen MR) is 65.9 cm³/mol. The number of likely N-dealkylation sites (N-methyl/N-ethyl adjacent to an activating group) is 1. The van der Waals surface area contributed by atoms with Crippen LogP contribution >= 0.6 is 0 Å². The first kappa shape index (κ1) is 14.9. The lowest BCUT2D eigenvalue weighted by Crippen LogP contribution is -2.57. The van der Waals surface area contributed by atoms with Gasteiger partial charge in [-0.25, -0.2) is 0 Å². The van der Waals surface area contributed by atoms with Crippen LogP contribution in [0.3, 0.4) is 0 Å². The van der Waals surface area contributed by atoms with Gasteiger partial charge in [-0.2, -0.15) is 0 Å². The Morgan fingerprint density at radius 2 is 1.78 bits per heavy atom. The summed E-state index contributed by atoms with van der Waals surface area (Å²) < 4.78 is 5.16. The molecule has 6 nitrogen and oxygen atoms in total. The Bertz CT molecular complexity index is 330. The number of nitrogens with zero attached hydrogens (tertiary/aromatic N) is 2. The molecule has 1 atom stereocenters. The van der Waals surface area contributed by atoms with Crippen molar-refractivity contribution >= 4 is 11.8 Å². The summed E-state index contributed by atoms with van der Waals surface area (Å²) in [7, 11) is 1.51. The highest BCUT2D eigenvalue weighted by Crippen LogP contribution is 2.16. The molecule has 1 unspecified atom stereocenters. The van der Waals surface area contributed by atoms with Crippen molar-refractivity contribution in [1.82, 2.24) is 9.80 Å². The van der Waals surface area contributed by atoms with Gasteiger partial charge in [-0.05, 0) is 20.8 Å². The van der Waals surface area contributed by atoms with Gasteiger partial charge < -0.3 is 19.6 Å². The van der Waals surface area contributed by atoms with Gasteiger partial charge >= 0.3 is 0 Å². The zero-order valence-corrected chi connectivity index (χ0v) is 11.5. The number of hydrogen-bond donors (Lipinski definition) is 1. The Labute approximate surface area is 107 Å². The van der Waals surface area contributed by atoms with Crippen LogP contribution in [0.5, 0.6) is 0 Å². The summed E-state index contributed by atoms with van der Waals surface area (Å²) >= 11 is 0. The van der Waals surface area contributed by atoms with Gasteiger partial charge in [-0.15, -0.1) is 0 Å². The highest BCUT2D eigenvalue weighted by molar-refractivity contribution is 5.92. The summed E-state index contributed by atoms with van der Waals surface area (Å²) in [6, 6.07) is 0. The summed E-state index contributed by atoms with van der Waals surface area (Å²) in [6.45, 7) is 6.09.